The number of rotatable bonds is 5. The summed E-state index contributed by atoms with van der Waals surface area (Å²) in [6, 6.07) is 8.82. The molecular formula is C15H17N3O2. The monoisotopic (exact) mass is 271 g/mol. The van der Waals surface area contributed by atoms with Gasteiger partial charge in [-0.25, -0.2) is 0 Å². The first-order chi connectivity index (χ1) is 9.74. The van der Waals surface area contributed by atoms with E-state index >= 15 is 0 Å². The second-order valence-electron chi connectivity index (χ2n) is 4.26. The number of amides is 1. The second kappa shape index (κ2) is 6.68. The first-order valence-electron chi connectivity index (χ1n) is 6.43. The molecule has 20 heavy (non-hydrogen) atoms. The third-order valence-corrected chi connectivity index (χ3v) is 2.83. The van der Waals surface area contributed by atoms with Crippen LogP contribution in [0.2, 0.25) is 0 Å². The standard InChI is InChI=1S/C15H17N3O2/c1-2-17-14-7-8-16-9-13(14)15(20)18-12-5-3-11(10-19)4-6-12/h3-9,19H,2,10H2,1H3,(H,16,17)(H,18,20). The number of aromatic nitrogens is 1. The largest absolute Gasteiger partial charge is 0.392 e. The Morgan fingerprint density at radius 1 is 1.25 bits per heavy atom. The molecule has 0 unspecified atom stereocenters. The van der Waals surface area contributed by atoms with Gasteiger partial charge in [0.15, 0.2) is 0 Å². The van der Waals surface area contributed by atoms with Crippen molar-refractivity contribution in [1.29, 1.82) is 0 Å². The van der Waals surface area contributed by atoms with Crippen LogP contribution in [0.1, 0.15) is 22.8 Å². The van der Waals surface area contributed by atoms with Crippen LogP contribution in [0.15, 0.2) is 42.7 Å². The van der Waals surface area contributed by atoms with E-state index < -0.39 is 0 Å². The van der Waals surface area contributed by atoms with Gasteiger partial charge < -0.3 is 15.7 Å². The number of hydrogen-bond acceptors (Lipinski definition) is 4. The lowest BCUT2D eigenvalue weighted by molar-refractivity contribution is 0.102. The fourth-order valence-electron chi connectivity index (χ4n) is 1.81. The SMILES string of the molecule is CCNc1ccncc1C(=O)Nc1ccc(CO)cc1. The minimum Gasteiger partial charge on any atom is -0.392 e. The highest BCUT2D eigenvalue weighted by Gasteiger charge is 2.11. The summed E-state index contributed by atoms with van der Waals surface area (Å²) in [5.41, 5.74) is 2.74. The summed E-state index contributed by atoms with van der Waals surface area (Å²) in [5, 5.41) is 14.9. The van der Waals surface area contributed by atoms with E-state index in [1.54, 1.807) is 36.5 Å². The zero-order chi connectivity index (χ0) is 14.4. The molecule has 0 radical (unpaired) electrons. The highest BCUT2D eigenvalue weighted by molar-refractivity contribution is 6.07. The van der Waals surface area contributed by atoms with E-state index in [-0.39, 0.29) is 12.5 Å². The molecule has 3 N–H and O–H groups in total. The number of benzene rings is 1. The van der Waals surface area contributed by atoms with Crippen molar-refractivity contribution in [3.63, 3.8) is 0 Å². The molecule has 2 rings (SSSR count). The van der Waals surface area contributed by atoms with Gasteiger partial charge in [-0.15, -0.1) is 0 Å². The number of aliphatic hydroxyl groups is 1. The van der Waals surface area contributed by atoms with Crippen LogP contribution in [0, 0.1) is 0 Å². The fraction of sp³-hybridized carbons (Fsp3) is 0.200. The molecule has 0 atom stereocenters. The number of carbonyl (C=O) groups excluding carboxylic acids is 1. The van der Waals surface area contributed by atoms with Crippen molar-refractivity contribution in [3.8, 4) is 0 Å². The van der Waals surface area contributed by atoms with Crippen LogP contribution in [0.3, 0.4) is 0 Å². The van der Waals surface area contributed by atoms with Gasteiger partial charge in [0.1, 0.15) is 0 Å². The van der Waals surface area contributed by atoms with E-state index in [4.69, 9.17) is 5.11 Å². The molecule has 1 aromatic carbocycles. The predicted octanol–water partition coefficient (Wildman–Crippen LogP) is 2.26. The van der Waals surface area contributed by atoms with E-state index in [9.17, 15) is 4.79 Å². The average Bonchev–Trinajstić information content (AvgIpc) is 2.49. The van der Waals surface area contributed by atoms with Crippen LogP contribution in [0.25, 0.3) is 0 Å². The van der Waals surface area contributed by atoms with E-state index in [2.05, 4.69) is 15.6 Å². The van der Waals surface area contributed by atoms with Crippen LogP contribution < -0.4 is 10.6 Å². The van der Waals surface area contributed by atoms with Crippen molar-refractivity contribution in [3.05, 3.63) is 53.9 Å². The van der Waals surface area contributed by atoms with Crippen LogP contribution >= 0.6 is 0 Å². The van der Waals surface area contributed by atoms with Gasteiger partial charge in [-0.1, -0.05) is 12.1 Å². The number of hydrogen-bond donors (Lipinski definition) is 3. The number of nitrogens with zero attached hydrogens (tertiary/aromatic N) is 1. The van der Waals surface area contributed by atoms with Gasteiger partial charge in [-0.05, 0) is 30.7 Å². The molecule has 0 aliphatic heterocycles. The summed E-state index contributed by atoms with van der Waals surface area (Å²) in [5.74, 6) is -0.217. The topological polar surface area (TPSA) is 74.2 Å². The maximum Gasteiger partial charge on any atom is 0.259 e. The molecule has 5 nitrogen and oxygen atoms in total. The molecule has 5 heteroatoms. The Morgan fingerprint density at radius 3 is 2.65 bits per heavy atom. The van der Waals surface area contributed by atoms with E-state index in [0.29, 0.717) is 11.3 Å². The van der Waals surface area contributed by atoms with Crippen molar-refractivity contribution in [2.75, 3.05) is 17.2 Å². The lowest BCUT2D eigenvalue weighted by Gasteiger charge is -2.10. The molecule has 0 fully saturated rings. The first kappa shape index (κ1) is 14.0. The van der Waals surface area contributed by atoms with Crippen LogP contribution in [0.5, 0.6) is 0 Å². The smallest absolute Gasteiger partial charge is 0.259 e. The molecule has 1 heterocycles. The van der Waals surface area contributed by atoms with Crippen LogP contribution in [-0.2, 0) is 6.61 Å². The minimum atomic E-state index is -0.217. The Labute approximate surface area is 117 Å². The zero-order valence-electron chi connectivity index (χ0n) is 11.3. The van der Waals surface area contributed by atoms with Crippen molar-refractivity contribution in [1.82, 2.24) is 4.98 Å². The highest BCUT2D eigenvalue weighted by Crippen LogP contribution is 2.16. The third-order valence-electron chi connectivity index (χ3n) is 2.83. The Morgan fingerprint density at radius 2 is 2.00 bits per heavy atom. The zero-order valence-corrected chi connectivity index (χ0v) is 11.3. The number of aliphatic hydroxyl groups excluding tert-OH is 1. The molecule has 0 saturated carbocycles. The summed E-state index contributed by atoms with van der Waals surface area (Å²) in [6.45, 7) is 2.69. The normalized spacial score (nSPS) is 10.1. The van der Waals surface area contributed by atoms with Gasteiger partial charge >= 0.3 is 0 Å². The Bertz CT molecular complexity index is 582. The molecular weight excluding hydrogens is 254 g/mol. The van der Waals surface area contributed by atoms with Crippen molar-refractivity contribution >= 4 is 17.3 Å². The molecule has 104 valence electrons. The summed E-state index contributed by atoms with van der Waals surface area (Å²) >= 11 is 0. The molecule has 2 aromatic rings. The number of anilines is 2. The Hall–Kier alpha value is -2.40. The molecule has 0 spiro atoms. The molecule has 1 amide bonds. The van der Waals surface area contributed by atoms with Crippen LogP contribution in [0.4, 0.5) is 11.4 Å². The second-order valence-corrected chi connectivity index (χ2v) is 4.26. The lowest BCUT2D eigenvalue weighted by atomic mass is 10.2. The van der Waals surface area contributed by atoms with Crippen molar-refractivity contribution in [2.45, 2.75) is 13.5 Å². The summed E-state index contributed by atoms with van der Waals surface area (Å²) in [6.07, 6.45) is 3.18. The van der Waals surface area contributed by atoms with Gasteiger partial charge in [0, 0.05) is 24.6 Å². The van der Waals surface area contributed by atoms with Crippen molar-refractivity contribution < 1.29 is 9.90 Å². The predicted molar refractivity (Wildman–Crippen MR) is 78.7 cm³/mol. The van der Waals surface area contributed by atoms with E-state index in [1.807, 2.05) is 6.92 Å². The maximum atomic E-state index is 12.2. The number of carbonyl (C=O) groups is 1. The molecule has 0 bridgehead atoms. The van der Waals surface area contributed by atoms with Gasteiger partial charge in [0.25, 0.3) is 5.91 Å². The third kappa shape index (κ3) is 3.33. The van der Waals surface area contributed by atoms with Gasteiger partial charge in [0.05, 0.1) is 17.9 Å². The first-order valence-corrected chi connectivity index (χ1v) is 6.43. The van der Waals surface area contributed by atoms with Gasteiger partial charge in [-0.2, -0.15) is 0 Å². The number of nitrogens with one attached hydrogen (secondary N) is 2. The molecule has 1 aromatic heterocycles. The summed E-state index contributed by atoms with van der Waals surface area (Å²) in [4.78, 5) is 16.2. The summed E-state index contributed by atoms with van der Waals surface area (Å²) < 4.78 is 0. The van der Waals surface area contributed by atoms with E-state index in [0.717, 1.165) is 17.8 Å². The summed E-state index contributed by atoms with van der Waals surface area (Å²) in [7, 11) is 0. The van der Waals surface area contributed by atoms with E-state index in [1.165, 1.54) is 6.20 Å². The lowest BCUT2D eigenvalue weighted by Crippen LogP contribution is -2.15. The quantitative estimate of drug-likeness (QED) is 0.779. The van der Waals surface area contributed by atoms with Crippen LogP contribution in [-0.4, -0.2) is 22.5 Å². The Balaban J connectivity index is 2.15. The van der Waals surface area contributed by atoms with Crippen molar-refractivity contribution in [2.24, 2.45) is 0 Å². The number of pyridine rings is 1. The fourth-order valence-corrected chi connectivity index (χ4v) is 1.81. The maximum absolute atomic E-state index is 12.2. The molecule has 0 aliphatic rings. The average molecular weight is 271 g/mol. The minimum absolute atomic E-state index is 0.0125. The molecule has 0 saturated heterocycles. The van der Waals surface area contributed by atoms with Gasteiger partial charge in [0.2, 0.25) is 0 Å². The highest BCUT2D eigenvalue weighted by atomic mass is 16.3. The molecule has 0 aliphatic carbocycles. The van der Waals surface area contributed by atoms with Gasteiger partial charge in [-0.3, -0.25) is 9.78 Å². The Kier molecular flexibility index (Phi) is 4.68.